The molecule has 72 valence electrons. The zero-order valence-corrected chi connectivity index (χ0v) is 8.65. The van der Waals surface area contributed by atoms with Crippen LogP contribution in [0.4, 0.5) is 0 Å². The molecule has 1 unspecified atom stereocenters. The van der Waals surface area contributed by atoms with Crippen molar-refractivity contribution in [1.82, 2.24) is 9.88 Å². The van der Waals surface area contributed by atoms with Gasteiger partial charge in [0.25, 0.3) is 0 Å². The van der Waals surface area contributed by atoms with Crippen molar-refractivity contribution >= 4 is 11.8 Å². The van der Waals surface area contributed by atoms with E-state index in [2.05, 4.69) is 27.6 Å². The van der Waals surface area contributed by atoms with Gasteiger partial charge in [-0.1, -0.05) is 6.07 Å². The van der Waals surface area contributed by atoms with E-state index in [4.69, 9.17) is 0 Å². The molecule has 1 aromatic heterocycles. The summed E-state index contributed by atoms with van der Waals surface area (Å²) in [4.78, 5) is 6.64. The molecule has 0 spiro atoms. The fourth-order valence-electron chi connectivity index (χ4n) is 1.79. The largest absolute Gasteiger partial charge is 0.358 e. The Labute approximate surface area is 88.0 Å². The number of hydrogen-bond donors (Lipinski definition) is 0. The van der Waals surface area contributed by atoms with Gasteiger partial charge in [0, 0.05) is 30.2 Å². The summed E-state index contributed by atoms with van der Waals surface area (Å²) in [5.74, 6) is 0. The third kappa shape index (κ3) is 1.42. The smallest absolute Gasteiger partial charge is 0.106 e. The Morgan fingerprint density at radius 3 is 3.07 bits per heavy atom. The number of thioether (sulfide) groups is 1. The first-order valence-electron chi connectivity index (χ1n) is 4.94. The van der Waals surface area contributed by atoms with E-state index < -0.39 is 0 Å². The molecule has 0 aromatic carbocycles. The van der Waals surface area contributed by atoms with Crippen molar-refractivity contribution in [3.8, 4) is 0 Å². The molecule has 2 aliphatic rings. The lowest BCUT2D eigenvalue weighted by molar-refractivity contribution is 0.357. The van der Waals surface area contributed by atoms with E-state index in [1.807, 2.05) is 30.2 Å². The Balaban J connectivity index is 1.85. The van der Waals surface area contributed by atoms with Crippen molar-refractivity contribution in [3.63, 3.8) is 0 Å². The van der Waals surface area contributed by atoms with Crippen LogP contribution in [-0.2, 0) is 0 Å². The van der Waals surface area contributed by atoms with Gasteiger partial charge in [0.05, 0.1) is 0 Å². The third-order valence-electron chi connectivity index (χ3n) is 2.65. The second-order valence-electron chi connectivity index (χ2n) is 3.74. The molecule has 1 aliphatic heterocycles. The highest BCUT2D eigenvalue weighted by atomic mass is 32.2. The predicted octanol–water partition coefficient (Wildman–Crippen LogP) is 2.76. The zero-order valence-electron chi connectivity index (χ0n) is 7.84. The molecule has 0 radical (unpaired) electrons. The van der Waals surface area contributed by atoms with Gasteiger partial charge in [-0.2, -0.15) is 0 Å². The monoisotopic (exact) mass is 204 g/mol. The average molecular weight is 204 g/mol. The Bertz CT molecular complexity index is 346. The van der Waals surface area contributed by atoms with Gasteiger partial charge < -0.3 is 4.90 Å². The number of nitrogens with zero attached hydrogens (tertiary/aromatic N) is 2. The minimum Gasteiger partial charge on any atom is -0.358 e. The van der Waals surface area contributed by atoms with E-state index in [1.165, 1.54) is 18.4 Å². The molecular weight excluding hydrogens is 192 g/mol. The van der Waals surface area contributed by atoms with Crippen LogP contribution >= 0.6 is 11.8 Å². The molecule has 1 saturated carbocycles. The number of aromatic nitrogens is 1. The lowest BCUT2D eigenvalue weighted by atomic mass is 10.2. The van der Waals surface area contributed by atoms with E-state index in [1.54, 1.807) is 0 Å². The van der Waals surface area contributed by atoms with Gasteiger partial charge in [0.1, 0.15) is 5.37 Å². The van der Waals surface area contributed by atoms with Crippen LogP contribution in [0.1, 0.15) is 23.8 Å². The van der Waals surface area contributed by atoms with Crippen molar-refractivity contribution in [2.75, 3.05) is 0 Å². The van der Waals surface area contributed by atoms with Crippen molar-refractivity contribution in [2.24, 2.45) is 0 Å². The average Bonchev–Trinajstić information content (AvgIpc) is 2.98. The summed E-state index contributed by atoms with van der Waals surface area (Å²) in [5, 5.41) is 2.66. The molecule has 0 saturated heterocycles. The SMILES string of the molecule is C1=CN(C2CC2)C(c2cccnc2)S1. The molecular formula is C11H12N2S. The molecule has 1 atom stereocenters. The van der Waals surface area contributed by atoms with Gasteiger partial charge in [0.15, 0.2) is 0 Å². The summed E-state index contributed by atoms with van der Waals surface area (Å²) >= 11 is 1.88. The van der Waals surface area contributed by atoms with E-state index >= 15 is 0 Å². The summed E-state index contributed by atoms with van der Waals surface area (Å²) in [6, 6.07) is 4.96. The Kier molecular flexibility index (Phi) is 1.98. The minimum absolute atomic E-state index is 0.469. The van der Waals surface area contributed by atoms with Crippen LogP contribution in [0.5, 0.6) is 0 Å². The van der Waals surface area contributed by atoms with Crippen LogP contribution in [0.2, 0.25) is 0 Å². The third-order valence-corrected chi connectivity index (χ3v) is 3.70. The van der Waals surface area contributed by atoms with Crippen molar-refractivity contribution in [1.29, 1.82) is 0 Å². The van der Waals surface area contributed by atoms with Gasteiger partial charge in [-0.05, 0) is 24.3 Å². The predicted molar refractivity (Wildman–Crippen MR) is 58.6 cm³/mol. The second-order valence-corrected chi connectivity index (χ2v) is 4.73. The highest BCUT2D eigenvalue weighted by molar-refractivity contribution is 8.02. The molecule has 3 heteroatoms. The first-order chi connectivity index (χ1) is 6.95. The molecule has 2 heterocycles. The molecule has 14 heavy (non-hydrogen) atoms. The first-order valence-corrected chi connectivity index (χ1v) is 5.89. The Hall–Kier alpha value is -0.960. The molecule has 0 N–H and O–H groups in total. The van der Waals surface area contributed by atoms with Crippen LogP contribution in [0, 0.1) is 0 Å². The molecule has 0 bridgehead atoms. The lowest BCUT2D eigenvalue weighted by Crippen LogP contribution is -2.20. The topological polar surface area (TPSA) is 16.1 Å². The van der Waals surface area contributed by atoms with E-state index in [-0.39, 0.29) is 0 Å². The highest BCUT2D eigenvalue weighted by Crippen LogP contribution is 2.44. The van der Waals surface area contributed by atoms with Gasteiger partial charge >= 0.3 is 0 Å². The first kappa shape index (κ1) is 8.36. The zero-order chi connectivity index (χ0) is 9.38. The van der Waals surface area contributed by atoms with Crippen LogP contribution in [0.25, 0.3) is 0 Å². The van der Waals surface area contributed by atoms with Gasteiger partial charge in [-0.15, -0.1) is 11.8 Å². The Morgan fingerprint density at radius 2 is 2.36 bits per heavy atom. The summed E-state index contributed by atoms with van der Waals surface area (Å²) in [5.41, 5.74) is 1.31. The van der Waals surface area contributed by atoms with Crippen molar-refractivity contribution < 1.29 is 0 Å². The maximum absolute atomic E-state index is 4.18. The van der Waals surface area contributed by atoms with E-state index in [9.17, 15) is 0 Å². The van der Waals surface area contributed by atoms with Crippen LogP contribution < -0.4 is 0 Å². The van der Waals surface area contributed by atoms with Crippen molar-refractivity contribution in [3.05, 3.63) is 41.7 Å². The number of pyridine rings is 1. The van der Waals surface area contributed by atoms with Crippen LogP contribution in [-0.4, -0.2) is 15.9 Å². The molecule has 1 aliphatic carbocycles. The number of rotatable bonds is 2. The molecule has 0 amide bonds. The number of hydrogen-bond acceptors (Lipinski definition) is 3. The van der Waals surface area contributed by atoms with Crippen LogP contribution in [0.15, 0.2) is 36.1 Å². The normalized spacial score (nSPS) is 25.7. The highest BCUT2D eigenvalue weighted by Gasteiger charge is 2.34. The molecule has 2 nitrogen and oxygen atoms in total. The summed E-state index contributed by atoms with van der Waals surface area (Å²) < 4.78 is 0. The van der Waals surface area contributed by atoms with E-state index in [0.29, 0.717) is 5.37 Å². The van der Waals surface area contributed by atoms with Crippen molar-refractivity contribution in [2.45, 2.75) is 24.3 Å². The maximum Gasteiger partial charge on any atom is 0.106 e. The van der Waals surface area contributed by atoms with Gasteiger partial charge in [0.2, 0.25) is 0 Å². The Morgan fingerprint density at radius 1 is 1.43 bits per heavy atom. The van der Waals surface area contributed by atoms with E-state index in [0.717, 1.165) is 6.04 Å². The summed E-state index contributed by atoms with van der Waals surface area (Å²) in [7, 11) is 0. The minimum atomic E-state index is 0.469. The van der Waals surface area contributed by atoms with Gasteiger partial charge in [-0.3, -0.25) is 4.98 Å². The second kappa shape index (κ2) is 3.31. The summed E-state index contributed by atoms with van der Waals surface area (Å²) in [6.07, 6.45) is 8.72. The summed E-state index contributed by atoms with van der Waals surface area (Å²) in [6.45, 7) is 0. The fourth-order valence-corrected chi connectivity index (χ4v) is 2.83. The molecule has 3 rings (SSSR count). The molecule has 1 fully saturated rings. The fraction of sp³-hybridized carbons (Fsp3) is 0.364. The van der Waals surface area contributed by atoms with Crippen LogP contribution in [0.3, 0.4) is 0 Å². The molecule has 1 aromatic rings. The quantitative estimate of drug-likeness (QED) is 0.737. The standard InChI is InChI=1S/C11H12N2S/c1-2-9(8-12-5-1)11-13(6-7-14-11)10-3-4-10/h1-2,5-8,10-11H,3-4H2. The lowest BCUT2D eigenvalue weighted by Gasteiger charge is -2.24. The van der Waals surface area contributed by atoms with Gasteiger partial charge in [-0.25, -0.2) is 0 Å². The maximum atomic E-state index is 4.18.